The number of nitrogens with zero attached hydrogens (tertiary/aromatic N) is 1. The van der Waals surface area contributed by atoms with Crippen LogP contribution < -0.4 is 11.1 Å². The van der Waals surface area contributed by atoms with Crippen LogP contribution in [0.4, 0.5) is 0 Å². The van der Waals surface area contributed by atoms with E-state index in [0.717, 1.165) is 45.2 Å². The highest BCUT2D eigenvalue weighted by atomic mass is 16.6. The first-order valence-corrected chi connectivity index (χ1v) is 15.9. The average Bonchev–Trinajstić information content (AvgIpc) is 2.98. The molecule has 0 aromatic carbocycles. The highest BCUT2D eigenvalue weighted by Crippen LogP contribution is 2.05. The van der Waals surface area contributed by atoms with Crippen LogP contribution in [0.3, 0.4) is 0 Å². The number of nitrogens with two attached hydrogens (primary N) is 1. The molecule has 0 heterocycles. The largest absolute Gasteiger partial charge is 0.466 e. The topological polar surface area (TPSA) is 168 Å². The van der Waals surface area contributed by atoms with Gasteiger partial charge in [-0.3, -0.25) is 14.4 Å². The van der Waals surface area contributed by atoms with E-state index in [2.05, 4.69) is 5.32 Å². The van der Waals surface area contributed by atoms with E-state index < -0.39 is 0 Å². The van der Waals surface area contributed by atoms with Gasteiger partial charge in [0.15, 0.2) is 0 Å². The van der Waals surface area contributed by atoms with Crippen molar-refractivity contribution in [2.24, 2.45) is 5.73 Å². The first kappa shape index (κ1) is 41.1. The molecule has 1 unspecified atom stereocenters. The summed E-state index contributed by atoms with van der Waals surface area (Å²) in [6, 6.07) is 0. The van der Waals surface area contributed by atoms with Crippen LogP contribution in [0.15, 0.2) is 0 Å². The van der Waals surface area contributed by atoms with Gasteiger partial charge in [0.2, 0.25) is 0 Å². The zero-order valence-corrected chi connectivity index (χ0v) is 26.7. The Morgan fingerprint density at radius 1 is 0.721 bits per heavy atom. The molecule has 0 rings (SSSR count). The smallest absolute Gasteiger partial charge is 0.307 e. The predicted octanol–water partition coefficient (Wildman–Crippen LogP) is 1.43. The molecule has 0 aliphatic heterocycles. The summed E-state index contributed by atoms with van der Waals surface area (Å²) in [4.78, 5) is 38.0. The fraction of sp³-hybridized carbons (Fsp3) is 0.900. The molecule has 0 aliphatic rings. The van der Waals surface area contributed by atoms with Gasteiger partial charge < -0.3 is 49.5 Å². The molecular weight excluding hydrogens is 562 g/mol. The molecular formula is C30H59N3O10. The van der Waals surface area contributed by atoms with E-state index in [4.69, 9.17) is 39.3 Å². The van der Waals surface area contributed by atoms with Crippen molar-refractivity contribution < 1.29 is 47.9 Å². The van der Waals surface area contributed by atoms with E-state index in [1.165, 1.54) is 0 Å². The summed E-state index contributed by atoms with van der Waals surface area (Å²) in [5.74, 6) is -0.895. The van der Waals surface area contributed by atoms with Crippen LogP contribution in [0.5, 0.6) is 0 Å². The third-order valence-electron chi connectivity index (χ3n) is 6.21. The van der Waals surface area contributed by atoms with Crippen LogP contribution in [0.25, 0.3) is 0 Å². The van der Waals surface area contributed by atoms with Gasteiger partial charge in [-0.05, 0) is 65.6 Å². The SMILES string of the molecule is CCOC(=O)CCN(CCCCCO)CCC(=O)OC(C)CCOC(=O)CCNCCCOCCOCCOCCCN. The van der Waals surface area contributed by atoms with Gasteiger partial charge in [0.25, 0.3) is 0 Å². The standard InChI is InChI=1S/C30H59N3O10/c1-3-41-29(36)10-17-33(16-5-4-6-19-34)18-11-30(37)43-27(2)12-22-42-28(35)9-15-32-14-8-21-39-24-26-40-25-23-38-20-7-13-31/h27,32,34H,3-26,31H2,1-2H3. The fourth-order valence-electron chi connectivity index (χ4n) is 3.79. The molecule has 43 heavy (non-hydrogen) atoms. The highest BCUT2D eigenvalue weighted by Gasteiger charge is 2.15. The van der Waals surface area contributed by atoms with Crippen LogP contribution in [0.2, 0.25) is 0 Å². The Bertz CT molecular complexity index is 672. The molecule has 0 aromatic heterocycles. The molecule has 0 saturated heterocycles. The number of unbranched alkanes of at least 4 members (excludes halogenated alkanes) is 2. The summed E-state index contributed by atoms with van der Waals surface area (Å²) < 4.78 is 32.0. The van der Waals surface area contributed by atoms with Crippen LogP contribution >= 0.6 is 0 Å². The molecule has 0 amide bonds. The number of esters is 3. The quantitative estimate of drug-likeness (QED) is 0.0561. The maximum absolute atomic E-state index is 12.3. The summed E-state index contributed by atoms with van der Waals surface area (Å²) in [6.45, 7) is 11.2. The maximum atomic E-state index is 12.3. The molecule has 0 saturated carbocycles. The lowest BCUT2D eigenvalue weighted by Crippen LogP contribution is -2.31. The first-order chi connectivity index (χ1) is 20.9. The predicted molar refractivity (Wildman–Crippen MR) is 163 cm³/mol. The molecule has 0 bridgehead atoms. The Morgan fingerprint density at radius 3 is 2.00 bits per heavy atom. The number of nitrogens with one attached hydrogen (secondary N) is 1. The van der Waals surface area contributed by atoms with Gasteiger partial charge in [-0.1, -0.05) is 0 Å². The van der Waals surface area contributed by atoms with Crippen molar-refractivity contribution in [2.45, 2.75) is 77.7 Å². The zero-order chi connectivity index (χ0) is 31.8. The molecule has 13 heteroatoms. The normalized spacial score (nSPS) is 11.9. The highest BCUT2D eigenvalue weighted by molar-refractivity contribution is 5.70. The van der Waals surface area contributed by atoms with Gasteiger partial charge in [-0.15, -0.1) is 0 Å². The number of hydrogen-bond donors (Lipinski definition) is 3. The summed E-state index contributed by atoms with van der Waals surface area (Å²) in [6.07, 6.45) is 4.92. The Hall–Kier alpha value is -1.87. The summed E-state index contributed by atoms with van der Waals surface area (Å²) in [5, 5.41) is 12.2. The number of rotatable bonds is 32. The third-order valence-corrected chi connectivity index (χ3v) is 6.21. The van der Waals surface area contributed by atoms with Gasteiger partial charge >= 0.3 is 17.9 Å². The minimum absolute atomic E-state index is 0.154. The Morgan fingerprint density at radius 2 is 1.35 bits per heavy atom. The number of hydrogen-bond acceptors (Lipinski definition) is 13. The molecule has 0 fully saturated rings. The first-order valence-electron chi connectivity index (χ1n) is 15.9. The molecule has 0 aromatic rings. The average molecular weight is 622 g/mol. The van der Waals surface area contributed by atoms with Crippen molar-refractivity contribution in [1.82, 2.24) is 10.2 Å². The number of aliphatic hydroxyl groups excluding tert-OH is 1. The Balaban J connectivity index is 3.81. The molecule has 0 radical (unpaired) electrons. The van der Waals surface area contributed by atoms with E-state index >= 15 is 0 Å². The van der Waals surface area contributed by atoms with Crippen molar-refractivity contribution in [3.63, 3.8) is 0 Å². The van der Waals surface area contributed by atoms with E-state index in [-0.39, 0.29) is 56.5 Å². The molecule has 4 N–H and O–H groups in total. The lowest BCUT2D eigenvalue weighted by molar-refractivity contribution is -0.150. The number of carbonyl (C=O) groups excluding carboxylic acids is 3. The molecule has 0 spiro atoms. The van der Waals surface area contributed by atoms with Gasteiger partial charge in [-0.2, -0.15) is 0 Å². The second-order valence-corrected chi connectivity index (χ2v) is 10.1. The second kappa shape index (κ2) is 31.6. The van der Waals surface area contributed by atoms with Crippen molar-refractivity contribution in [1.29, 1.82) is 0 Å². The van der Waals surface area contributed by atoms with E-state index in [1.807, 2.05) is 4.90 Å². The lowest BCUT2D eigenvalue weighted by atomic mass is 10.2. The summed E-state index contributed by atoms with van der Waals surface area (Å²) in [7, 11) is 0. The minimum Gasteiger partial charge on any atom is -0.466 e. The number of carbonyl (C=O) groups is 3. The van der Waals surface area contributed by atoms with Gasteiger partial charge in [-0.25, -0.2) is 0 Å². The van der Waals surface area contributed by atoms with Gasteiger partial charge in [0.1, 0.15) is 6.10 Å². The van der Waals surface area contributed by atoms with E-state index in [0.29, 0.717) is 78.8 Å². The zero-order valence-electron chi connectivity index (χ0n) is 26.7. The van der Waals surface area contributed by atoms with Crippen LogP contribution in [-0.4, -0.2) is 133 Å². The molecule has 0 aliphatic carbocycles. The molecule has 1 atom stereocenters. The second-order valence-electron chi connectivity index (χ2n) is 10.1. The van der Waals surface area contributed by atoms with Crippen molar-refractivity contribution in [3.05, 3.63) is 0 Å². The maximum Gasteiger partial charge on any atom is 0.307 e. The third kappa shape index (κ3) is 30.0. The number of aliphatic hydroxyl groups is 1. The van der Waals surface area contributed by atoms with Crippen LogP contribution in [0.1, 0.15) is 71.6 Å². The molecule has 13 nitrogen and oxygen atoms in total. The summed E-state index contributed by atoms with van der Waals surface area (Å²) in [5.41, 5.74) is 5.39. The van der Waals surface area contributed by atoms with Crippen molar-refractivity contribution >= 4 is 17.9 Å². The van der Waals surface area contributed by atoms with E-state index in [9.17, 15) is 14.4 Å². The van der Waals surface area contributed by atoms with E-state index in [1.54, 1.807) is 13.8 Å². The molecule has 254 valence electrons. The van der Waals surface area contributed by atoms with Gasteiger partial charge in [0, 0.05) is 45.9 Å². The van der Waals surface area contributed by atoms with Gasteiger partial charge in [0.05, 0.1) is 58.9 Å². The minimum atomic E-state index is -0.379. The van der Waals surface area contributed by atoms with Crippen molar-refractivity contribution in [3.8, 4) is 0 Å². The fourth-order valence-corrected chi connectivity index (χ4v) is 3.79. The number of ether oxygens (including phenoxy) is 6. The van der Waals surface area contributed by atoms with Crippen LogP contribution in [-0.2, 0) is 42.8 Å². The lowest BCUT2D eigenvalue weighted by Gasteiger charge is -2.22. The summed E-state index contributed by atoms with van der Waals surface area (Å²) >= 11 is 0. The van der Waals surface area contributed by atoms with Crippen LogP contribution in [0, 0.1) is 0 Å². The Labute approximate surface area is 258 Å². The van der Waals surface area contributed by atoms with Crippen molar-refractivity contribution in [2.75, 3.05) is 98.7 Å². The monoisotopic (exact) mass is 621 g/mol. The Kier molecular flexibility index (Phi) is 30.2.